The second-order valence-corrected chi connectivity index (χ2v) is 10.8. The second-order valence-electron chi connectivity index (χ2n) is 9.82. The van der Waals surface area contributed by atoms with Gasteiger partial charge in [0.25, 0.3) is 0 Å². The molecule has 5 rings (SSSR count). The van der Waals surface area contributed by atoms with Gasteiger partial charge in [0.1, 0.15) is 22.3 Å². The Labute approximate surface area is 222 Å². The fraction of sp³-hybridized carbons (Fsp3) is 0.258. The normalized spacial score (nSPS) is 17.9. The zero-order valence-corrected chi connectivity index (χ0v) is 22.1. The Morgan fingerprint density at radius 2 is 1.76 bits per heavy atom. The number of fused-ring (bicyclic) bond motifs is 1. The van der Waals surface area contributed by atoms with Crippen LogP contribution in [0.3, 0.4) is 0 Å². The fourth-order valence-corrected chi connectivity index (χ4v) is 5.07. The van der Waals surface area contributed by atoms with Crippen LogP contribution in [0.25, 0.3) is 0 Å². The van der Waals surface area contributed by atoms with Gasteiger partial charge in [-0.05, 0) is 61.5 Å². The number of anilines is 1. The van der Waals surface area contributed by atoms with E-state index in [1.807, 2.05) is 73.8 Å². The van der Waals surface area contributed by atoms with Crippen molar-refractivity contribution in [2.45, 2.75) is 51.7 Å². The van der Waals surface area contributed by atoms with Crippen molar-refractivity contribution < 1.29 is 19.0 Å². The Hall–Kier alpha value is -3.61. The Kier molecular flexibility index (Phi) is 7.31. The molecule has 0 saturated heterocycles. The van der Waals surface area contributed by atoms with Crippen LogP contribution < -0.4 is 10.1 Å². The van der Waals surface area contributed by atoms with Gasteiger partial charge in [-0.3, -0.25) is 0 Å². The molecule has 0 amide bonds. The number of hydrogen-bond acceptors (Lipinski definition) is 6. The van der Waals surface area contributed by atoms with E-state index in [1.54, 1.807) is 6.07 Å². The molecule has 1 aliphatic rings. The third-order valence-corrected chi connectivity index (χ3v) is 7.35. The number of hydrogen-bond donors (Lipinski definition) is 1. The van der Waals surface area contributed by atoms with E-state index in [-0.39, 0.29) is 5.97 Å². The number of ether oxygens (including phenoxy) is 3. The summed E-state index contributed by atoms with van der Waals surface area (Å²) in [7, 11) is 0. The summed E-state index contributed by atoms with van der Waals surface area (Å²) < 4.78 is 19.0. The van der Waals surface area contributed by atoms with Gasteiger partial charge in [-0.2, -0.15) is 0 Å². The molecule has 0 radical (unpaired) electrons. The smallest absolute Gasteiger partial charge is 0.348 e. The first-order valence-electron chi connectivity index (χ1n) is 12.4. The number of benzene rings is 3. The Balaban J connectivity index is 1.44. The molecule has 2 heterocycles. The molecule has 190 valence electrons. The Morgan fingerprint density at radius 3 is 2.49 bits per heavy atom. The van der Waals surface area contributed by atoms with Gasteiger partial charge in [-0.15, -0.1) is 11.3 Å². The highest BCUT2D eigenvalue weighted by atomic mass is 32.1. The van der Waals surface area contributed by atoms with E-state index in [1.165, 1.54) is 22.5 Å². The van der Waals surface area contributed by atoms with Crippen molar-refractivity contribution in [1.29, 1.82) is 0 Å². The lowest BCUT2D eigenvalue weighted by atomic mass is 9.87. The molecule has 2 atom stereocenters. The highest BCUT2D eigenvalue weighted by Crippen LogP contribution is 2.45. The van der Waals surface area contributed by atoms with Gasteiger partial charge in [0.2, 0.25) is 0 Å². The number of nitrogens with one attached hydrogen (secondary N) is 1. The minimum atomic E-state index is -0.794. The van der Waals surface area contributed by atoms with E-state index in [0.717, 1.165) is 22.6 Å². The van der Waals surface area contributed by atoms with Crippen molar-refractivity contribution in [1.82, 2.24) is 0 Å². The maximum absolute atomic E-state index is 13.0. The van der Waals surface area contributed by atoms with E-state index in [4.69, 9.17) is 14.2 Å². The summed E-state index contributed by atoms with van der Waals surface area (Å²) in [5, 5.41) is 5.37. The lowest BCUT2D eigenvalue weighted by Gasteiger charge is -2.43. The van der Waals surface area contributed by atoms with Crippen LogP contribution >= 0.6 is 11.3 Å². The van der Waals surface area contributed by atoms with Crippen LogP contribution in [0, 0.1) is 6.92 Å². The summed E-state index contributed by atoms with van der Waals surface area (Å²) in [5.41, 5.74) is 4.48. The largest absolute Gasteiger partial charge is 0.483 e. The van der Waals surface area contributed by atoms with Gasteiger partial charge in [-0.1, -0.05) is 66.2 Å². The molecule has 5 nitrogen and oxygen atoms in total. The fourth-order valence-electron chi connectivity index (χ4n) is 4.46. The van der Waals surface area contributed by atoms with Gasteiger partial charge in [0, 0.05) is 17.8 Å². The first-order chi connectivity index (χ1) is 17.9. The molecule has 0 bridgehead atoms. The summed E-state index contributed by atoms with van der Waals surface area (Å²) in [6.07, 6.45) is -1.16. The van der Waals surface area contributed by atoms with Crippen molar-refractivity contribution in [3.8, 4) is 5.75 Å². The van der Waals surface area contributed by atoms with Crippen LogP contribution in [0.4, 0.5) is 5.69 Å². The third-order valence-electron chi connectivity index (χ3n) is 6.50. The monoisotopic (exact) mass is 513 g/mol. The number of rotatable bonds is 8. The zero-order chi connectivity index (χ0) is 25.8. The van der Waals surface area contributed by atoms with Gasteiger partial charge in [0.15, 0.2) is 6.10 Å². The average Bonchev–Trinajstić information content (AvgIpc) is 3.44. The summed E-state index contributed by atoms with van der Waals surface area (Å²) in [4.78, 5) is 13.6. The highest BCUT2D eigenvalue weighted by molar-refractivity contribution is 7.11. The maximum Gasteiger partial charge on any atom is 0.348 e. The lowest BCUT2D eigenvalue weighted by Crippen LogP contribution is -2.51. The van der Waals surface area contributed by atoms with Crippen LogP contribution in [0.5, 0.6) is 5.75 Å². The number of esters is 1. The second kappa shape index (κ2) is 10.8. The minimum absolute atomic E-state index is 0.373. The molecule has 37 heavy (non-hydrogen) atoms. The molecule has 3 aromatic carbocycles. The number of aryl methyl sites for hydroxylation is 1. The standard InChI is InChI=1S/C31H31NO4S/c1-21-11-13-22(14-12-21)19-32-24-15-16-26-25(18-24)28(34-20-23-8-5-4-6-9-23)29(31(2,3)36-26)35-30(33)27-10-7-17-37-27/h4-18,28-29,32H,19-20H2,1-3H3. The number of carbonyl (C=O) groups is 1. The van der Waals surface area contributed by atoms with E-state index in [0.29, 0.717) is 18.0 Å². The summed E-state index contributed by atoms with van der Waals surface area (Å²) in [6, 6.07) is 28.1. The summed E-state index contributed by atoms with van der Waals surface area (Å²) >= 11 is 1.36. The summed E-state index contributed by atoms with van der Waals surface area (Å²) in [6.45, 7) is 7.03. The van der Waals surface area contributed by atoms with Gasteiger partial charge < -0.3 is 19.5 Å². The van der Waals surface area contributed by atoms with Gasteiger partial charge in [-0.25, -0.2) is 4.79 Å². The van der Waals surface area contributed by atoms with E-state index < -0.39 is 17.8 Å². The van der Waals surface area contributed by atoms with Crippen LogP contribution in [0.15, 0.2) is 90.3 Å². The number of carbonyl (C=O) groups excluding carboxylic acids is 1. The predicted molar refractivity (Wildman–Crippen MR) is 147 cm³/mol. The third kappa shape index (κ3) is 5.87. The zero-order valence-electron chi connectivity index (χ0n) is 21.3. The minimum Gasteiger partial charge on any atom is -0.483 e. The summed E-state index contributed by atoms with van der Waals surface area (Å²) in [5.74, 6) is 0.356. The van der Waals surface area contributed by atoms with E-state index >= 15 is 0 Å². The molecule has 1 N–H and O–H groups in total. The van der Waals surface area contributed by atoms with Crippen molar-refractivity contribution in [2.24, 2.45) is 0 Å². The molecule has 2 unspecified atom stereocenters. The van der Waals surface area contributed by atoms with Crippen molar-refractivity contribution in [3.05, 3.63) is 117 Å². The predicted octanol–water partition coefficient (Wildman–Crippen LogP) is 7.32. The Morgan fingerprint density at radius 1 is 0.973 bits per heavy atom. The van der Waals surface area contributed by atoms with Crippen LogP contribution in [-0.2, 0) is 22.6 Å². The van der Waals surface area contributed by atoms with Crippen molar-refractivity contribution in [3.63, 3.8) is 0 Å². The van der Waals surface area contributed by atoms with Crippen molar-refractivity contribution in [2.75, 3.05) is 5.32 Å². The molecule has 1 aliphatic heterocycles. The van der Waals surface area contributed by atoms with Crippen LogP contribution in [0.1, 0.15) is 51.9 Å². The molecule has 0 aliphatic carbocycles. The van der Waals surface area contributed by atoms with Crippen LogP contribution in [0.2, 0.25) is 0 Å². The molecule has 0 fully saturated rings. The van der Waals surface area contributed by atoms with Crippen molar-refractivity contribution >= 4 is 23.0 Å². The maximum atomic E-state index is 13.0. The molecule has 0 saturated carbocycles. The SMILES string of the molecule is Cc1ccc(CNc2ccc3c(c2)C(OCc2ccccc2)C(OC(=O)c2cccs2)C(C)(C)O3)cc1. The number of thiophene rings is 1. The molecule has 0 spiro atoms. The van der Waals surface area contributed by atoms with E-state index in [9.17, 15) is 4.79 Å². The van der Waals surface area contributed by atoms with Gasteiger partial charge >= 0.3 is 5.97 Å². The quantitative estimate of drug-likeness (QED) is 0.250. The topological polar surface area (TPSA) is 56.8 Å². The first kappa shape index (κ1) is 25.1. The molecular weight excluding hydrogens is 482 g/mol. The van der Waals surface area contributed by atoms with Crippen LogP contribution in [-0.4, -0.2) is 17.7 Å². The average molecular weight is 514 g/mol. The van der Waals surface area contributed by atoms with Gasteiger partial charge in [0.05, 0.1) is 6.61 Å². The van der Waals surface area contributed by atoms with E-state index in [2.05, 4.69) is 36.5 Å². The molecule has 1 aromatic heterocycles. The lowest BCUT2D eigenvalue weighted by molar-refractivity contribution is -0.143. The first-order valence-corrected chi connectivity index (χ1v) is 13.3. The molecule has 4 aromatic rings. The Bertz CT molecular complexity index is 1330. The molecular formula is C31H31NO4S. The molecule has 6 heteroatoms. The highest BCUT2D eigenvalue weighted by Gasteiger charge is 2.47.